The number of methoxy groups -OCH3 is 1. The predicted octanol–water partition coefficient (Wildman–Crippen LogP) is 3.67. The minimum absolute atomic E-state index is 0.0662. The molecule has 1 aromatic heterocycles. The highest BCUT2D eigenvalue weighted by Crippen LogP contribution is 2.30. The Hall–Kier alpha value is -1.59. The van der Waals surface area contributed by atoms with Crippen LogP contribution in [-0.4, -0.2) is 17.1 Å². The van der Waals surface area contributed by atoms with Crippen LogP contribution in [0.4, 0.5) is 15.9 Å². The van der Waals surface area contributed by atoms with Crippen molar-refractivity contribution in [3.8, 4) is 5.75 Å². The van der Waals surface area contributed by atoms with Gasteiger partial charge in [0.1, 0.15) is 5.82 Å². The number of anilines is 2. The lowest BCUT2D eigenvalue weighted by atomic mass is 10.3. The van der Waals surface area contributed by atoms with Crippen LogP contribution in [0.1, 0.15) is 0 Å². The van der Waals surface area contributed by atoms with Gasteiger partial charge in [0, 0.05) is 0 Å². The second-order valence-electron chi connectivity index (χ2n) is 3.31. The fraction of sp³-hybridized carbons (Fsp3) is 0.0909. The molecule has 0 aliphatic carbocycles. The first-order chi connectivity index (χ1) is 8.60. The smallest absolute Gasteiger partial charge is 0.224 e. The average Bonchev–Trinajstić information content (AvgIpc) is 2.33. The summed E-state index contributed by atoms with van der Waals surface area (Å²) in [5.74, 6) is 0.337. The minimum atomic E-state index is -0.418. The van der Waals surface area contributed by atoms with Crippen molar-refractivity contribution in [3.63, 3.8) is 0 Å². The molecular weight excluding hydrogens is 280 g/mol. The van der Waals surface area contributed by atoms with Crippen LogP contribution in [0.25, 0.3) is 0 Å². The van der Waals surface area contributed by atoms with Crippen LogP contribution in [0, 0.1) is 5.82 Å². The van der Waals surface area contributed by atoms with Gasteiger partial charge in [-0.2, -0.15) is 4.98 Å². The summed E-state index contributed by atoms with van der Waals surface area (Å²) in [7, 11) is 1.48. The Kier molecular flexibility index (Phi) is 3.84. The second-order valence-corrected chi connectivity index (χ2v) is 4.05. The van der Waals surface area contributed by atoms with Crippen LogP contribution >= 0.6 is 23.2 Å². The van der Waals surface area contributed by atoms with Gasteiger partial charge in [-0.15, -0.1) is 0 Å². The van der Waals surface area contributed by atoms with E-state index in [0.717, 1.165) is 0 Å². The molecule has 0 aliphatic rings. The summed E-state index contributed by atoms with van der Waals surface area (Å²) in [4.78, 5) is 7.75. The first-order valence-electron chi connectivity index (χ1n) is 4.89. The van der Waals surface area contributed by atoms with Gasteiger partial charge in [0.2, 0.25) is 5.28 Å². The van der Waals surface area contributed by atoms with Gasteiger partial charge in [-0.3, -0.25) is 0 Å². The average molecular weight is 288 g/mol. The largest absolute Gasteiger partial charge is 0.491 e. The van der Waals surface area contributed by atoms with Crippen molar-refractivity contribution in [1.29, 1.82) is 0 Å². The molecular formula is C11H8Cl2FN3O. The van der Waals surface area contributed by atoms with Crippen LogP contribution < -0.4 is 10.1 Å². The Balaban J connectivity index is 2.36. The zero-order valence-electron chi connectivity index (χ0n) is 9.25. The maximum absolute atomic E-state index is 12.9. The van der Waals surface area contributed by atoms with Gasteiger partial charge in [-0.25, -0.2) is 9.37 Å². The Morgan fingerprint density at radius 1 is 1.33 bits per heavy atom. The van der Waals surface area contributed by atoms with E-state index in [-0.39, 0.29) is 10.3 Å². The van der Waals surface area contributed by atoms with Gasteiger partial charge in [0.05, 0.1) is 24.0 Å². The van der Waals surface area contributed by atoms with Crippen molar-refractivity contribution in [1.82, 2.24) is 9.97 Å². The van der Waals surface area contributed by atoms with Crippen molar-refractivity contribution in [2.75, 3.05) is 12.4 Å². The molecule has 0 radical (unpaired) electrons. The number of halogens is 3. The molecule has 4 nitrogen and oxygen atoms in total. The van der Waals surface area contributed by atoms with Gasteiger partial charge >= 0.3 is 0 Å². The molecule has 0 fully saturated rings. The maximum Gasteiger partial charge on any atom is 0.224 e. The van der Waals surface area contributed by atoms with E-state index in [1.807, 2.05) is 0 Å². The SMILES string of the molecule is COc1cnc(Cl)nc1Nc1ccc(F)cc1Cl. The molecule has 0 saturated heterocycles. The van der Waals surface area contributed by atoms with Gasteiger partial charge < -0.3 is 10.1 Å². The van der Waals surface area contributed by atoms with Crippen molar-refractivity contribution >= 4 is 34.7 Å². The molecule has 0 bridgehead atoms. The molecule has 7 heteroatoms. The molecule has 0 aliphatic heterocycles. The van der Waals surface area contributed by atoms with E-state index in [9.17, 15) is 4.39 Å². The van der Waals surface area contributed by atoms with Crippen LogP contribution in [-0.2, 0) is 0 Å². The molecule has 1 N–H and O–H groups in total. The summed E-state index contributed by atoms with van der Waals surface area (Å²) >= 11 is 11.6. The van der Waals surface area contributed by atoms with E-state index in [0.29, 0.717) is 17.3 Å². The van der Waals surface area contributed by atoms with E-state index in [1.54, 1.807) is 0 Å². The molecule has 0 amide bonds. The highest BCUT2D eigenvalue weighted by Gasteiger charge is 2.09. The zero-order chi connectivity index (χ0) is 13.1. The van der Waals surface area contributed by atoms with Crippen molar-refractivity contribution in [3.05, 3.63) is 40.5 Å². The molecule has 0 saturated carbocycles. The van der Waals surface area contributed by atoms with Crippen molar-refractivity contribution < 1.29 is 9.13 Å². The van der Waals surface area contributed by atoms with Gasteiger partial charge in [0.15, 0.2) is 11.6 Å². The molecule has 1 aromatic carbocycles. The lowest BCUT2D eigenvalue weighted by Gasteiger charge is -2.10. The van der Waals surface area contributed by atoms with Gasteiger partial charge in [-0.05, 0) is 29.8 Å². The number of hydrogen-bond donors (Lipinski definition) is 1. The lowest BCUT2D eigenvalue weighted by molar-refractivity contribution is 0.413. The number of benzene rings is 1. The topological polar surface area (TPSA) is 47.0 Å². The molecule has 0 spiro atoms. The fourth-order valence-corrected chi connectivity index (χ4v) is 1.65. The summed E-state index contributed by atoms with van der Waals surface area (Å²) in [5, 5.41) is 3.20. The highest BCUT2D eigenvalue weighted by molar-refractivity contribution is 6.33. The van der Waals surface area contributed by atoms with E-state index in [1.165, 1.54) is 31.5 Å². The molecule has 0 unspecified atom stereocenters. The van der Waals surface area contributed by atoms with E-state index >= 15 is 0 Å². The Morgan fingerprint density at radius 2 is 2.11 bits per heavy atom. The lowest BCUT2D eigenvalue weighted by Crippen LogP contribution is -1.99. The quantitative estimate of drug-likeness (QED) is 0.875. The summed E-state index contributed by atoms with van der Waals surface area (Å²) in [6, 6.07) is 3.97. The standard InChI is InChI=1S/C11H8Cl2FN3O/c1-18-9-5-15-11(13)17-10(9)16-8-3-2-6(14)4-7(8)12/h2-5H,1H3,(H,15,16,17). The number of nitrogens with one attached hydrogen (secondary N) is 1. The first-order valence-corrected chi connectivity index (χ1v) is 5.64. The number of hydrogen-bond acceptors (Lipinski definition) is 4. The molecule has 1 heterocycles. The molecule has 0 atom stereocenters. The monoisotopic (exact) mass is 287 g/mol. The van der Waals surface area contributed by atoms with Crippen LogP contribution in [0.15, 0.2) is 24.4 Å². The van der Waals surface area contributed by atoms with Crippen LogP contribution in [0.2, 0.25) is 10.3 Å². The normalized spacial score (nSPS) is 10.2. The predicted molar refractivity (Wildman–Crippen MR) is 68.3 cm³/mol. The van der Waals surface area contributed by atoms with Crippen molar-refractivity contribution in [2.45, 2.75) is 0 Å². The van der Waals surface area contributed by atoms with Crippen molar-refractivity contribution in [2.24, 2.45) is 0 Å². The number of nitrogens with zero attached hydrogens (tertiary/aromatic N) is 2. The Bertz CT molecular complexity index is 580. The van der Waals surface area contributed by atoms with Gasteiger partial charge in [0.25, 0.3) is 0 Å². The summed E-state index contributed by atoms with van der Waals surface area (Å²) in [6.07, 6.45) is 1.43. The third-order valence-electron chi connectivity index (χ3n) is 2.13. The summed E-state index contributed by atoms with van der Waals surface area (Å²) in [6.45, 7) is 0. The Morgan fingerprint density at radius 3 is 2.78 bits per heavy atom. The zero-order valence-corrected chi connectivity index (χ0v) is 10.8. The minimum Gasteiger partial charge on any atom is -0.491 e. The fourth-order valence-electron chi connectivity index (χ4n) is 1.31. The van der Waals surface area contributed by atoms with E-state index in [2.05, 4.69) is 15.3 Å². The van der Waals surface area contributed by atoms with E-state index < -0.39 is 5.82 Å². The molecule has 94 valence electrons. The molecule has 2 aromatic rings. The van der Waals surface area contributed by atoms with E-state index in [4.69, 9.17) is 27.9 Å². The molecule has 18 heavy (non-hydrogen) atoms. The number of rotatable bonds is 3. The number of ether oxygens (including phenoxy) is 1. The summed E-state index contributed by atoms with van der Waals surface area (Å²) < 4.78 is 18.0. The molecule has 2 rings (SSSR count). The maximum atomic E-state index is 12.9. The second kappa shape index (κ2) is 5.37. The Labute approximate surface area is 113 Å². The van der Waals surface area contributed by atoms with Crippen LogP contribution in [0.5, 0.6) is 5.75 Å². The third-order valence-corrected chi connectivity index (χ3v) is 2.62. The number of aromatic nitrogens is 2. The van der Waals surface area contributed by atoms with Gasteiger partial charge in [-0.1, -0.05) is 11.6 Å². The summed E-state index contributed by atoms with van der Waals surface area (Å²) in [5.41, 5.74) is 0.492. The first kappa shape index (κ1) is 12.9. The van der Waals surface area contributed by atoms with Crippen LogP contribution in [0.3, 0.4) is 0 Å². The highest BCUT2D eigenvalue weighted by atomic mass is 35.5. The third kappa shape index (κ3) is 2.80.